The van der Waals surface area contributed by atoms with Crippen LogP contribution >= 0.6 is 0 Å². The van der Waals surface area contributed by atoms with Crippen molar-refractivity contribution < 1.29 is 5.11 Å². The van der Waals surface area contributed by atoms with Gasteiger partial charge in [-0.15, -0.1) is 0 Å². The van der Waals surface area contributed by atoms with Crippen LogP contribution in [0.5, 0.6) is 5.88 Å². The van der Waals surface area contributed by atoms with Gasteiger partial charge in [0.05, 0.1) is 6.07 Å². The lowest BCUT2D eigenvalue weighted by molar-refractivity contribution is 0.450. The average Bonchev–Trinajstić information content (AvgIpc) is 2.14. The summed E-state index contributed by atoms with van der Waals surface area (Å²) in [5.41, 5.74) is 0.354. The third-order valence-electron chi connectivity index (χ3n) is 2.00. The van der Waals surface area contributed by atoms with Crippen LogP contribution in [-0.2, 0) is 0 Å². The van der Waals surface area contributed by atoms with E-state index in [1.54, 1.807) is 12.2 Å². The van der Waals surface area contributed by atoms with Crippen LogP contribution in [-0.4, -0.2) is 15.1 Å². The molecule has 0 aliphatic heterocycles. The van der Waals surface area contributed by atoms with Crippen molar-refractivity contribution in [1.82, 2.24) is 9.97 Å². The molecule has 0 unspecified atom stereocenters. The van der Waals surface area contributed by atoms with E-state index in [0.717, 1.165) is 11.6 Å². The second kappa shape index (κ2) is 4.44. The van der Waals surface area contributed by atoms with E-state index in [9.17, 15) is 9.90 Å². The Morgan fingerprint density at radius 2 is 1.88 bits per heavy atom. The van der Waals surface area contributed by atoms with Crippen LogP contribution in [0.1, 0.15) is 5.82 Å². The van der Waals surface area contributed by atoms with Gasteiger partial charge in [-0.05, 0) is 0 Å². The SMILES string of the molecule is O=c1cc(O)nc(C2=CC=CC=CC=C2)[nH]1. The molecule has 0 spiro atoms. The minimum absolute atomic E-state index is 0.283. The Labute approximate surface area is 92.0 Å². The molecule has 1 aromatic heterocycles. The van der Waals surface area contributed by atoms with Crippen LogP contribution in [0.15, 0.2) is 53.4 Å². The van der Waals surface area contributed by atoms with Gasteiger partial charge in [0.1, 0.15) is 5.82 Å². The number of allylic oxidation sites excluding steroid dienone is 8. The Morgan fingerprint density at radius 3 is 2.69 bits per heavy atom. The molecule has 1 aromatic rings. The van der Waals surface area contributed by atoms with Gasteiger partial charge in [-0.2, -0.15) is 4.98 Å². The summed E-state index contributed by atoms with van der Waals surface area (Å²) >= 11 is 0. The lowest BCUT2D eigenvalue weighted by Gasteiger charge is -2.01. The molecule has 0 bridgehead atoms. The Balaban J connectivity index is 2.47. The highest BCUT2D eigenvalue weighted by Crippen LogP contribution is 2.13. The molecule has 4 nitrogen and oxygen atoms in total. The highest BCUT2D eigenvalue weighted by molar-refractivity contribution is 5.71. The number of aromatic nitrogens is 2. The van der Waals surface area contributed by atoms with Crippen LogP contribution in [0.4, 0.5) is 0 Å². The Bertz CT molecular complexity index is 563. The lowest BCUT2D eigenvalue weighted by Crippen LogP contribution is -2.08. The van der Waals surface area contributed by atoms with Crippen LogP contribution < -0.4 is 5.56 Å². The van der Waals surface area contributed by atoms with Crippen molar-refractivity contribution >= 4 is 5.57 Å². The summed E-state index contributed by atoms with van der Waals surface area (Å²) in [6, 6.07) is 1.03. The first-order valence-electron chi connectivity index (χ1n) is 4.78. The molecule has 0 radical (unpaired) electrons. The van der Waals surface area contributed by atoms with E-state index in [-0.39, 0.29) is 11.4 Å². The van der Waals surface area contributed by atoms with Gasteiger partial charge >= 0.3 is 0 Å². The molecule has 1 heterocycles. The number of rotatable bonds is 1. The van der Waals surface area contributed by atoms with E-state index in [1.165, 1.54) is 0 Å². The van der Waals surface area contributed by atoms with Crippen molar-refractivity contribution in [3.05, 3.63) is 64.8 Å². The number of hydrogen-bond acceptors (Lipinski definition) is 3. The first-order valence-corrected chi connectivity index (χ1v) is 4.78. The van der Waals surface area contributed by atoms with Crippen LogP contribution in [0.3, 0.4) is 0 Å². The van der Waals surface area contributed by atoms with E-state index < -0.39 is 0 Å². The van der Waals surface area contributed by atoms with E-state index in [4.69, 9.17) is 0 Å². The predicted octanol–water partition coefficient (Wildman–Crippen LogP) is 1.54. The van der Waals surface area contributed by atoms with Gasteiger partial charge in [0.25, 0.3) is 5.56 Å². The summed E-state index contributed by atoms with van der Waals surface area (Å²) in [5.74, 6) is 0.0656. The van der Waals surface area contributed by atoms with Crippen molar-refractivity contribution in [1.29, 1.82) is 0 Å². The minimum atomic E-state index is -0.376. The third-order valence-corrected chi connectivity index (χ3v) is 2.00. The number of nitrogens with one attached hydrogen (secondary N) is 1. The van der Waals surface area contributed by atoms with Crippen molar-refractivity contribution in [2.75, 3.05) is 0 Å². The third kappa shape index (κ3) is 2.36. The summed E-state index contributed by atoms with van der Waals surface area (Å²) in [7, 11) is 0. The minimum Gasteiger partial charge on any atom is -0.493 e. The second-order valence-corrected chi connectivity index (χ2v) is 3.20. The van der Waals surface area contributed by atoms with E-state index >= 15 is 0 Å². The first kappa shape index (κ1) is 10.2. The molecule has 0 aromatic carbocycles. The fourth-order valence-corrected chi connectivity index (χ4v) is 1.31. The fraction of sp³-hybridized carbons (Fsp3) is 0. The van der Waals surface area contributed by atoms with Gasteiger partial charge < -0.3 is 10.1 Å². The summed E-state index contributed by atoms with van der Waals surface area (Å²) in [5, 5.41) is 9.24. The van der Waals surface area contributed by atoms with Gasteiger partial charge in [0.15, 0.2) is 0 Å². The molecule has 0 atom stereocenters. The molecular weight excluding hydrogens is 204 g/mol. The van der Waals surface area contributed by atoms with Gasteiger partial charge in [-0.3, -0.25) is 4.79 Å². The van der Waals surface area contributed by atoms with E-state index in [2.05, 4.69) is 9.97 Å². The number of nitrogens with zero attached hydrogens (tertiary/aromatic N) is 1. The lowest BCUT2D eigenvalue weighted by atomic mass is 10.1. The Hall–Kier alpha value is -2.36. The largest absolute Gasteiger partial charge is 0.493 e. The van der Waals surface area contributed by atoms with Gasteiger partial charge in [-0.1, -0.05) is 42.5 Å². The Kier molecular flexibility index (Phi) is 2.82. The van der Waals surface area contributed by atoms with Crippen molar-refractivity contribution in [3.63, 3.8) is 0 Å². The summed E-state index contributed by atoms with van der Waals surface area (Å²) in [4.78, 5) is 17.6. The summed E-state index contributed by atoms with van der Waals surface area (Å²) < 4.78 is 0. The molecule has 16 heavy (non-hydrogen) atoms. The maximum atomic E-state index is 11.2. The smallest absolute Gasteiger partial charge is 0.254 e. The number of aromatic hydroxyl groups is 1. The summed E-state index contributed by atoms with van der Waals surface area (Å²) in [6.07, 6.45) is 12.9. The molecule has 1 aliphatic rings. The molecule has 1 aliphatic carbocycles. The zero-order valence-electron chi connectivity index (χ0n) is 8.42. The zero-order chi connectivity index (χ0) is 11.4. The second-order valence-electron chi connectivity index (χ2n) is 3.20. The fourth-order valence-electron chi connectivity index (χ4n) is 1.31. The normalized spacial score (nSPS) is 14.4. The van der Waals surface area contributed by atoms with Crippen molar-refractivity contribution in [3.8, 4) is 5.88 Å². The molecule has 4 heteroatoms. The molecular formula is C12H10N2O2. The van der Waals surface area contributed by atoms with Gasteiger partial charge in [0, 0.05) is 5.57 Å². The Morgan fingerprint density at radius 1 is 1.12 bits per heavy atom. The molecule has 2 N–H and O–H groups in total. The quantitative estimate of drug-likeness (QED) is 0.745. The van der Waals surface area contributed by atoms with E-state index in [0.29, 0.717) is 5.82 Å². The average molecular weight is 214 g/mol. The number of H-pyrrole nitrogens is 1. The highest BCUT2D eigenvalue weighted by atomic mass is 16.3. The monoisotopic (exact) mass is 214 g/mol. The molecule has 0 saturated heterocycles. The van der Waals surface area contributed by atoms with Gasteiger partial charge in [-0.25, -0.2) is 0 Å². The van der Waals surface area contributed by atoms with Crippen LogP contribution in [0.2, 0.25) is 0 Å². The standard InChI is InChI=1S/C12H10N2O2/c15-10-8-11(16)14-12(13-10)9-6-4-2-1-3-5-7-9/h1-8H,(H2,13,14,15,16). The molecule has 80 valence electrons. The van der Waals surface area contributed by atoms with Crippen LogP contribution in [0.25, 0.3) is 5.57 Å². The molecule has 0 fully saturated rings. The highest BCUT2D eigenvalue weighted by Gasteiger charge is 2.03. The molecule has 0 saturated carbocycles. The predicted molar refractivity (Wildman–Crippen MR) is 61.9 cm³/mol. The van der Waals surface area contributed by atoms with Crippen molar-refractivity contribution in [2.24, 2.45) is 0 Å². The first-order chi connectivity index (χ1) is 7.75. The van der Waals surface area contributed by atoms with Gasteiger partial charge in [0.2, 0.25) is 5.88 Å². The number of aromatic amines is 1. The molecule has 0 amide bonds. The van der Waals surface area contributed by atoms with Crippen molar-refractivity contribution in [2.45, 2.75) is 0 Å². The molecule has 2 rings (SSSR count). The maximum absolute atomic E-state index is 11.2. The summed E-state index contributed by atoms with van der Waals surface area (Å²) in [6.45, 7) is 0. The van der Waals surface area contributed by atoms with Crippen LogP contribution in [0, 0.1) is 0 Å². The number of hydrogen-bond donors (Lipinski definition) is 2. The zero-order valence-corrected chi connectivity index (χ0v) is 8.42. The topological polar surface area (TPSA) is 66.0 Å². The van der Waals surface area contributed by atoms with E-state index in [1.807, 2.05) is 30.4 Å². The maximum Gasteiger partial charge on any atom is 0.254 e.